The van der Waals surface area contributed by atoms with Gasteiger partial charge in [-0.1, -0.05) is 42.5 Å². The van der Waals surface area contributed by atoms with Gasteiger partial charge in [-0.05, 0) is 103 Å². The first kappa shape index (κ1) is 25.6. The zero-order valence-electron chi connectivity index (χ0n) is 21.4. The molecule has 4 aromatic carbocycles. The summed E-state index contributed by atoms with van der Waals surface area (Å²) >= 11 is 0. The standard InChI is InChI=1S/C32H29NO4/c1-19-5-8-25(15-21(19)3)30(34)18-23-7-14-28(29(17-23)32(36)37)24-10-12-27(13-11-24)33-31(35)26-9-6-20(2)22(4)16-26/h5-17H,18H2,1-4H3,(H,33,35)(H,36,37). The summed E-state index contributed by atoms with van der Waals surface area (Å²) in [6, 6.07) is 23.3. The smallest absolute Gasteiger partial charge is 0.336 e. The van der Waals surface area contributed by atoms with Crippen LogP contribution >= 0.6 is 0 Å². The molecule has 1 amide bonds. The molecule has 4 aromatic rings. The summed E-state index contributed by atoms with van der Waals surface area (Å²) in [6.45, 7) is 7.92. The van der Waals surface area contributed by atoms with Crippen LogP contribution < -0.4 is 5.32 Å². The van der Waals surface area contributed by atoms with Crippen LogP contribution in [-0.2, 0) is 6.42 Å². The van der Waals surface area contributed by atoms with E-state index in [0.717, 1.165) is 22.3 Å². The van der Waals surface area contributed by atoms with Crippen LogP contribution in [0.15, 0.2) is 78.9 Å². The molecule has 4 rings (SSSR count). The summed E-state index contributed by atoms with van der Waals surface area (Å²) in [6.07, 6.45) is 0.118. The number of carboxylic acids is 1. The van der Waals surface area contributed by atoms with Crippen molar-refractivity contribution in [3.05, 3.63) is 123 Å². The van der Waals surface area contributed by atoms with E-state index in [1.165, 1.54) is 0 Å². The SMILES string of the molecule is Cc1ccc(C(=O)Cc2ccc(-c3ccc(NC(=O)c4ccc(C)c(C)c4)cc3)c(C(=O)O)c2)cc1C. The highest BCUT2D eigenvalue weighted by molar-refractivity contribution is 6.04. The fraction of sp³-hybridized carbons (Fsp3) is 0.156. The zero-order valence-corrected chi connectivity index (χ0v) is 21.4. The minimum atomic E-state index is -1.07. The molecule has 0 aliphatic heterocycles. The number of amides is 1. The Morgan fingerprint density at radius 2 is 1.27 bits per heavy atom. The van der Waals surface area contributed by atoms with E-state index in [2.05, 4.69) is 5.32 Å². The molecule has 0 unspecified atom stereocenters. The third-order valence-corrected chi connectivity index (χ3v) is 6.73. The Hall–Kier alpha value is -4.51. The van der Waals surface area contributed by atoms with Gasteiger partial charge in [0.05, 0.1) is 5.56 Å². The van der Waals surface area contributed by atoms with E-state index >= 15 is 0 Å². The number of Topliss-reactive ketones (excluding diaryl/α,β-unsaturated/α-hetero) is 1. The van der Waals surface area contributed by atoms with Gasteiger partial charge in [-0.3, -0.25) is 9.59 Å². The Bertz CT molecular complexity index is 1520. The maximum absolute atomic E-state index is 12.8. The third kappa shape index (κ3) is 5.84. The van der Waals surface area contributed by atoms with Crippen LogP contribution in [0.2, 0.25) is 0 Å². The second-order valence-corrected chi connectivity index (χ2v) is 9.41. The van der Waals surface area contributed by atoms with Crippen molar-refractivity contribution in [1.29, 1.82) is 0 Å². The summed E-state index contributed by atoms with van der Waals surface area (Å²) in [4.78, 5) is 37.5. The number of anilines is 1. The molecule has 0 aliphatic carbocycles. The van der Waals surface area contributed by atoms with E-state index in [0.29, 0.717) is 33.5 Å². The number of nitrogens with one attached hydrogen (secondary N) is 1. The van der Waals surface area contributed by atoms with Crippen molar-refractivity contribution in [2.24, 2.45) is 0 Å². The summed E-state index contributed by atoms with van der Waals surface area (Å²) in [5, 5.41) is 12.8. The Morgan fingerprint density at radius 3 is 1.86 bits per heavy atom. The second kappa shape index (κ2) is 10.6. The van der Waals surface area contributed by atoms with Crippen LogP contribution in [0.1, 0.15) is 58.9 Å². The predicted molar refractivity (Wildman–Crippen MR) is 147 cm³/mol. The second-order valence-electron chi connectivity index (χ2n) is 9.41. The molecule has 0 aromatic heterocycles. The highest BCUT2D eigenvalue weighted by Gasteiger charge is 2.16. The van der Waals surface area contributed by atoms with Gasteiger partial charge in [0, 0.05) is 23.2 Å². The zero-order chi connectivity index (χ0) is 26.7. The van der Waals surface area contributed by atoms with Gasteiger partial charge < -0.3 is 10.4 Å². The van der Waals surface area contributed by atoms with Crippen LogP contribution in [0.5, 0.6) is 0 Å². The summed E-state index contributed by atoms with van der Waals surface area (Å²) < 4.78 is 0. The molecule has 0 atom stereocenters. The predicted octanol–water partition coefficient (Wildman–Crippen LogP) is 6.96. The Kier molecular flexibility index (Phi) is 7.35. The largest absolute Gasteiger partial charge is 0.478 e. The van der Waals surface area contributed by atoms with Crippen LogP contribution in [0.4, 0.5) is 5.69 Å². The third-order valence-electron chi connectivity index (χ3n) is 6.73. The molecule has 186 valence electrons. The Balaban J connectivity index is 1.53. The lowest BCUT2D eigenvalue weighted by atomic mass is 9.94. The number of hydrogen-bond acceptors (Lipinski definition) is 3. The van der Waals surface area contributed by atoms with E-state index in [-0.39, 0.29) is 23.7 Å². The summed E-state index contributed by atoms with van der Waals surface area (Å²) in [7, 11) is 0. The van der Waals surface area contributed by atoms with Crippen molar-refractivity contribution in [2.75, 3.05) is 5.32 Å². The Morgan fingerprint density at radius 1 is 0.676 bits per heavy atom. The van der Waals surface area contributed by atoms with Crippen LogP contribution in [0.25, 0.3) is 11.1 Å². The van der Waals surface area contributed by atoms with E-state index in [4.69, 9.17) is 0 Å². The number of aromatic carboxylic acids is 1. The van der Waals surface area contributed by atoms with Crippen LogP contribution in [-0.4, -0.2) is 22.8 Å². The lowest BCUT2D eigenvalue weighted by Crippen LogP contribution is -2.12. The van der Waals surface area contributed by atoms with E-state index in [9.17, 15) is 19.5 Å². The average molecular weight is 492 g/mol. The monoisotopic (exact) mass is 491 g/mol. The first-order valence-corrected chi connectivity index (χ1v) is 12.1. The van der Waals surface area contributed by atoms with Gasteiger partial charge in [0.15, 0.2) is 5.78 Å². The lowest BCUT2D eigenvalue weighted by Gasteiger charge is -2.11. The number of carboxylic acid groups (broad SMARTS) is 1. The highest BCUT2D eigenvalue weighted by atomic mass is 16.4. The first-order valence-electron chi connectivity index (χ1n) is 12.1. The van der Waals surface area contributed by atoms with Crippen molar-refractivity contribution < 1.29 is 19.5 Å². The number of hydrogen-bond donors (Lipinski definition) is 2. The molecule has 0 bridgehead atoms. The topological polar surface area (TPSA) is 83.5 Å². The van der Waals surface area contributed by atoms with Crippen molar-refractivity contribution in [3.8, 4) is 11.1 Å². The maximum Gasteiger partial charge on any atom is 0.336 e. The normalized spacial score (nSPS) is 10.7. The van der Waals surface area contributed by atoms with E-state index < -0.39 is 5.97 Å². The van der Waals surface area contributed by atoms with Gasteiger partial charge in [-0.15, -0.1) is 0 Å². The fourth-order valence-corrected chi connectivity index (χ4v) is 4.15. The van der Waals surface area contributed by atoms with E-state index in [1.54, 1.807) is 54.6 Å². The highest BCUT2D eigenvalue weighted by Crippen LogP contribution is 2.27. The molecule has 0 aliphatic rings. The maximum atomic E-state index is 12.8. The van der Waals surface area contributed by atoms with Gasteiger partial charge in [0.2, 0.25) is 0 Å². The number of ketones is 1. The van der Waals surface area contributed by atoms with Crippen molar-refractivity contribution in [1.82, 2.24) is 0 Å². The lowest BCUT2D eigenvalue weighted by molar-refractivity contribution is 0.0697. The Labute approximate surface area is 216 Å². The van der Waals surface area contributed by atoms with Gasteiger partial charge in [-0.25, -0.2) is 4.79 Å². The molecule has 0 saturated heterocycles. The van der Waals surface area contributed by atoms with E-state index in [1.807, 2.05) is 52.0 Å². The number of benzene rings is 4. The van der Waals surface area contributed by atoms with Crippen molar-refractivity contribution in [3.63, 3.8) is 0 Å². The van der Waals surface area contributed by atoms with Crippen LogP contribution in [0, 0.1) is 27.7 Å². The molecular weight excluding hydrogens is 462 g/mol. The number of carbonyl (C=O) groups excluding carboxylic acids is 2. The van der Waals surface area contributed by atoms with Crippen molar-refractivity contribution >= 4 is 23.3 Å². The molecule has 37 heavy (non-hydrogen) atoms. The molecule has 5 nitrogen and oxygen atoms in total. The minimum Gasteiger partial charge on any atom is -0.478 e. The molecule has 0 fully saturated rings. The fourth-order valence-electron chi connectivity index (χ4n) is 4.15. The summed E-state index contributed by atoms with van der Waals surface area (Å²) in [5.41, 5.74) is 8.13. The summed E-state index contributed by atoms with van der Waals surface area (Å²) in [5.74, 6) is -1.33. The first-order chi connectivity index (χ1) is 17.6. The molecule has 5 heteroatoms. The average Bonchev–Trinajstić information content (AvgIpc) is 2.87. The number of aryl methyl sites for hydroxylation is 4. The van der Waals surface area contributed by atoms with Gasteiger partial charge in [0.1, 0.15) is 0 Å². The number of carbonyl (C=O) groups is 3. The molecule has 0 radical (unpaired) electrons. The molecular formula is C32H29NO4. The molecule has 0 heterocycles. The molecule has 0 saturated carbocycles. The van der Waals surface area contributed by atoms with Gasteiger partial charge in [-0.2, -0.15) is 0 Å². The number of rotatable bonds is 7. The van der Waals surface area contributed by atoms with Gasteiger partial charge in [0.25, 0.3) is 5.91 Å². The van der Waals surface area contributed by atoms with Crippen molar-refractivity contribution in [2.45, 2.75) is 34.1 Å². The minimum absolute atomic E-state index is 0.0592. The molecule has 2 N–H and O–H groups in total. The molecule has 0 spiro atoms. The quantitative estimate of drug-likeness (QED) is 0.274. The van der Waals surface area contributed by atoms with Gasteiger partial charge >= 0.3 is 5.97 Å². The van der Waals surface area contributed by atoms with Crippen LogP contribution in [0.3, 0.4) is 0 Å².